The predicted octanol–water partition coefficient (Wildman–Crippen LogP) is -1.24. The maximum absolute atomic E-state index is 2.21. The Labute approximate surface area is 56.6 Å². The summed E-state index contributed by atoms with van der Waals surface area (Å²) in [6.07, 6.45) is 1.34. The summed E-state index contributed by atoms with van der Waals surface area (Å²) in [7, 11) is 4.94. The van der Waals surface area contributed by atoms with E-state index in [0.29, 0.717) is 0 Å². The normalized spacial score (nSPS) is 5.50. The van der Waals surface area contributed by atoms with Gasteiger partial charge < -0.3 is 0 Å². The van der Waals surface area contributed by atoms with Crippen molar-refractivity contribution in [1.29, 1.82) is 0 Å². The molecule has 0 heterocycles. The summed E-state index contributed by atoms with van der Waals surface area (Å²) < 4.78 is 0. The van der Waals surface area contributed by atoms with Crippen LogP contribution in [0, 0.1) is 0 Å². The third kappa shape index (κ3) is 8.86. The average Bonchev–Trinajstić information content (AvgIpc) is 1.41. The van der Waals surface area contributed by atoms with Crippen molar-refractivity contribution in [2.45, 2.75) is 13.2 Å². The van der Waals surface area contributed by atoms with Gasteiger partial charge in [-0.2, -0.15) is 0 Å². The summed E-state index contributed by atoms with van der Waals surface area (Å²) in [5.41, 5.74) is 0. The zero-order valence-corrected chi connectivity index (χ0v) is 6.54. The summed E-state index contributed by atoms with van der Waals surface area (Å²) in [6, 6.07) is 0. The van der Waals surface area contributed by atoms with Gasteiger partial charge in [0.25, 0.3) is 0 Å². The molecule has 0 saturated heterocycles. The Hall–Kier alpha value is 0.883. The second-order valence-electron chi connectivity index (χ2n) is 1.35. The number of hydrogen-bond donors (Lipinski definition) is 0. The van der Waals surface area contributed by atoms with Crippen molar-refractivity contribution < 1.29 is 21.1 Å². The summed E-state index contributed by atoms with van der Waals surface area (Å²) in [4.78, 5) is 0. The molecule has 0 aliphatic rings. The zero-order valence-electron chi connectivity index (χ0n) is 4.53. The maximum atomic E-state index is 2.21. The van der Waals surface area contributed by atoms with Crippen LogP contribution in [-0.2, 0) is 21.1 Å². The minimum absolute atomic E-state index is 0. The van der Waals surface area contributed by atoms with Crippen molar-refractivity contribution in [3.63, 3.8) is 0 Å². The van der Waals surface area contributed by atoms with Crippen molar-refractivity contribution in [1.82, 2.24) is 0 Å². The largest absolute Gasteiger partial charge is 0.0881 e. The molecule has 0 aliphatic carbocycles. The van der Waals surface area contributed by atoms with Gasteiger partial charge in [-0.3, -0.25) is 0 Å². The fraction of sp³-hybridized carbons (Fsp3) is 1.00. The van der Waals surface area contributed by atoms with Crippen molar-refractivity contribution in [2.75, 3.05) is 0 Å². The molecular weight excluding hydrogens is 152 g/mol. The van der Waals surface area contributed by atoms with Gasteiger partial charge in [0.15, 0.2) is 0 Å². The Morgan fingerprint density at radius 2 is 2.17 bits per heavy atom. The fourth-order valence-electron chi connectivity index (χ4n) is 0.354. The molecule has 0 N–H and O–H groups in total. The van der Waals surface area contributed by atoms with E-state index in [4.69, 9.17) is 0 Å². The first-order valence-electron chi connectivity index (χ1n) is 2.41. The van der Waals surface area contributed by atoms with Crippen LogP contribution >= 0.6 is 0 Å². The van der Waals surface area contributed by atoms with Gasteiger partial charge in [0.05, 0.1) is 22.0 Å². The third-order valence-electron chi connectivity index (χ3n) is 0.707. The summed E-state index contributed by atoms with van der Waals surface area (Å²) in [5, 5.41) is 0. The van der Waals surface area contributed by atoms with Crippen LogP contribution in [0.1, 0.15) is 6.92 Å². The van der Waals surface area contributed by atoms with E-state index in [1.54, 1.807) is 0 Å². The van der Waals surface area contributed by atoms with Crippen molar-refractivity contribution in [2.24, 2.45) is 0 Å². The van der Waals surface area contributed by atoms with Gasteiger partial charge in [0.1, 0.15) is 0 Å². The molecule has 0 nitrogen and oxygen atoms in total. The molecular formula is C2H9B3Mo. The molecule has 0 bridgehead atoms. The zero-order chi connectivity index (χ0) is 4.12. The molecule has 0 saturated carbocycles. The second kappa shape index (κ2) is 9.30. The quantitative estimate of drug-likeness (QED) is 0.445. The molecule has 0 fully saturated rings. The Morgan fingerprint density at radius 3 is 2.17 bits per heavy atom. The molecule has 0 aromatic carbocycles. The summed E-state index contributed by atoms with van der Waals surface area (Å²) in [5.74, 6) is 0. The summed E-state index contributed by atoms with van der Waals surface area (Å²) in [6.45, 7) is 2.21. The van der Waals surface area contributed by atoms with Crippen LogP contribution in [0.5, 0.6) is 0 Å². The second-order valence-corrected chi connectivity index (χ2v) is 1.35. The van der Waals surface area contributed by atoms with Gasteiger partial charge in [-0.1, -0.05) is 13.2 Å². The van der Waals surface area contributed by atoms with Crippen LogP contribution in [0.4, 0.5) is 0 Å². The van der Waals surface area contributed by atoms with E-state index in [2.05, 4.69) is 14.7 Å². The molecule has 0 radical (unpaired) electrons. The standard InChI is InChI=1S/C2H9B3.Mo/c1-2-4-5-3;/h4-5H,2-3H2,1H3;. The first-order valence-corrected chi connectivity index (χ1v) is 2.41. The van der Waals surface area contributed by atoms with E-state index in [-0.39, 0.29) is 21.1 Å². The smallest absolute Gasteiger partial charge is 0.0776 e. The van der Waals surface area contributed by atoms with Crippen LogP contribution in [0.3, 0.4) is 0 Å². The predicted molar refractivity (Wildman–Crippen MR) is 33.3 cm³/mol. The first-order chi connectivity index (χ1) is 2.41. The molecule has 0 rings (SSSR count). The molecule has 32 valence electrons. The number of hydrogen-bond acceptors (Lipinski definition) is 0. The Balaban J connectivity index is 0. The molecule has 0 atom stereocenters. The molecule has 0 aromatic heterocycles. The van der Waals surface area contributed by atoms with Crippen LogP contribution < -0.4 is 0 Å². The molecule has 0 spiro atoms. The Bertz CT molecular complexity index is 16.3. The van der Waals surface area contributed by atoms with Crippen molar-refractivity contribution in [3.05, 3.63) is 0 Å². The average molecular weight is 161 g/mol. The van der Waals surface area contributed by atoms with E-state index in [1.165, 1.54) is 20.6 Å². The van der Waals surface area contributed by atoms with E-state index in [0.717, 1.165) is 0 Å². The molecule has 4 heteroatoms. The van der Waals surface area contributed by atoms with E-state index >= 15 is 0 Å². The van der Waals surface area contributed by atoms with Crippen molar-refractivity contribution in [3.8, 4) is 0 Å². The van der Waals surface area contributed by atoms with Crippen LogP contribution in [0.25, 0.3) is 0 Å². The number of rotatable bonds is 2. The topological polar surface area (TPSA) is 0 Å². The Kier molecular flexibility index (Phi) is 15.5. The van der Waals surface area contributed by atoms with Crippen LogP contribution in [0.2, 0.25) is 6.32 Å². The van der Waals surface area contributed by atoms with Crippen molar-refractivity contribution >= 4 is 22.0 Å². The molecule has 0 aromatic rings. The third-order valence-corrected chi connectivity index (χ3v) is 0.707. The van der Waals surface area contributed by atoms with Gasteiger partial charge in [-0.05, 0) is 0 Å². The molecule has 6 heavy (non-hydrogen) atoms. The maximum Gasteiger partial charge on any atom is 0.0776 e. The van der Waals surface area contributed by atoms with Gasteiger partial charge in [0.2, 0.25) is 0 Å². The van der Waals surface area contributed by atoms with Gasteiger partial charge in [-0.15, -0.1) is 0 Å². The molecule has 0 aliphatic heterocycles. The Morgan fingerprint density at radius 1 is 1.67 bits per heavy atom. The first kappa shape index (κ1) is 9.99. The van der Waals surface area contributed by atoms with Crippen LogP contribution in [0.15, 0.2) is 0 Å². The fourth-order valence-corrected chi connectivity index (χ4v) is 0.354. The van der Waals surface area contributed by atoms with E-state index < -0.39 is 0 Å². The van der Waals surface area contributed by atoms with E-state index in [1.807, 2.05) is 0 Å². The van der Waals surface area contributed by atoms with Gasteiger partial charge >= 0.3 is 0 Å². The van der Waals surface area contributed by atoms with Gasteiger partial charge in [-0.25, -0.2) is 0 Å². The minimum atomic E-state index is 0. The molecule has 0 amide bonds. The summed E-state index contributed by atoms with van der Waals surface area (Å²) >= 11 is 0. The van der Waals surface area contributed by atoms with E-state index in [9.17, 15) is 0 Å². The van der Waals surface area contributed by atoms with Gasteiger partial charge in [0, 0.05) is 21.1 Å². The minimum Gasteiger partial charge on any atom is -0.0881 e. The SMILES string of the molecule is BBBCC.[Mo]. The molecule has 0 unspecified atom stereocenters. The van der Waals surface area contributed by atoms with Crippen LogP contribution in [-0.4, -0.2) is 22.0 Å². The monoisotopic (exact) mass is 164 g/mol.